The van der Waals surface area contributed by atoms with Crippen molar-refractivity contribution in [2.75, 3.05) is 7.11 Å². The van der Waals surface area contributed by atoms with Crippen molar-refractivity contribution in [1.29, 1.82) is 0 Å². The maximum Gasteiger partial charge on any atom is 0.305 e. The zero-order valence-corrected chi connectivity index (χ0v) is 12.0. The summed E-state index contributed by atoms with van der Waals surface area (Å²) in [6.45, 7) is 0. The average Bonchev–Trinajstić information content (AvgIpc) is 2.65. The van der Waals surface area contributed by atoms with Crippen LogP contribution in [-0.2, 0) is 23.0 Å². The number of benzene rings is 1. The maximum absolute atomic E-state index is 11.0. The molecular weight excluding hydrogens is 296 g/mol. The zero-order valence-electron chi connectivity index (χ0n) is 10.4. The summed E-state index contributed by atoms with van der Waals surface area (Å²) in [4.78, 5) is 15.6. The van der Waals surface area contributed by atoms with Crippen LogP contribution < -0.4 is 0 Å². The van der Waals surface area contributed by atoms with Crippen molar-refractivity contribution in [3.63, 3.8) is 0 Å². The lowest BCUT2D eigenvalue weighted by molar-refractivity contribution is -0.140. The van der Waals surface area contributed by atoms with Crippen LogP contribution in [0, 0.1) is 0 Å². The van der Waals surface area contributed by atoms with E-state index in [4.69, 9.17) is 0 Å². The molecule has 0 bridgehead atoms. The van der Waals surface area contributed by atoms with Crippen molar-refractivity contribution in [1.82, 2.24) is 9.55 Å². The number of ether oxygens (including phenoxy) is 1. The molecule has 18 heavy (non-hydrogen) atoms. The number of aromatic nitrogens is 2. The molecule has 1 aromatic heterocycles. The van der Waals surface area contributed by atoms with E-state index in [1.807, 2.05) is 25.2 Å². The Morgan fingerprint density at radius 2 is 2.28 bits per heavy atom. The number of carbonyl (C=O) groups excluding carboxylic acids is 1. The largest absolute Gasteiger partial charge is 0.469 e. The van der Waals surface area contributed by atoms with Crippen LogP contribution in [-0.4, -0.2) is 22.6 Å². The summed E-state index contributed by atoms with van der Waals surface area (Å²) in [6.07, 6.45) is 1.96. The van der Waals surface area contributed by atoms with Crippen molar-refractivity contribution < 1.29 is 9.53 Å². The normalized spacial score (nSPS) is 10.8. The van der Waals surface area contributed by atoms with Crippen LogP contribution >= 0.6 is 15.9 Å². The number of halogens is 1. The molecule has 0 N–H and O–H groups in total. The Morgan fingerprint density at radius 1 is 1.50 bits per heavy atom. The number of aryl methyl sites for hydroxylation is 2. The summed E-state index contributed by atoms with van der Waals surface area (Å²) < 4.78 is 7.71. The SMILES string of the molecule is COC(=O)CCCc1nc2cc(Br)ccc2n1C. The van der Waals surface area contributed by atoms with Gasteiger partial charge in [-0.1, -0.05) is 15.9 Å². The molecule has 4 nitrogen and oxygen atoms in total. The minimum Gasteiger partial charge on any atom is -0.469 e. The lowest BCUT2D eigenvalue weighted by atomic mass is 10.2. The van der Waals surface area contributed by atoms with E-state index >= 15 is 0 Å². The van der Waals surface area contributed by atoms with Gasteiger partial charge in [-0.25, -0.2) is 4.98 Å². The molecule has 0 fully saturated rings. The standard InChI is InChI=1S/C13H15BrN2O2/c1-16-11-7-6-9(14)8-10(11)15-12(16)4-3-5-13(17)18-2/h6-8H,3-5H2,1-2H3. The first-order chi connectivity index (χ1) is 8.61. The van der Waals surface area contributed by atoms with E-state index in [9.17, 15) is 4.79 Å². The third kappa shape index (κ3) is 2.72. The van der Waals surface area contributed by atoms with Gasteiger partial charge in [-0.05, 0) is 24.6 Å². The fourth-order valence-electron chi connectivity index (χ4n) is 1.94. The number of rotatable bonds is 4. The summed E-state index contributed by atoms with van der Waals surface area (Å²) in [5, 5.41) is 0. The van der Waals surface area contributed by atoms with Gasteiger partial charge in [0.2, 0.25) is 0 Å². The Morgan fingerprint density at radius 3 is 3.00 bits per heavy atom. The van der Waals surface area contributed by atoms with E-state index in [1.165, 1.54) is 7.11 Å². The van der Waals surface area contributed by atoms with Gasteiger partial charge in [-0.2, -0.15) is 0 Å². The summed E-state index contributed by atoms with van der Waals surface area (Å²) >= 11 is 3.44. The lowest BCUT2D eigenvalue weighted by Crippen LogP contribution is -2.03. The Bertz CT molecular complexity index is 578. The van der Waals surface area contributed by atoms with Gasteiger partial charge in [0.05, 0.1) is 18.1 Å². The lowest BCUT2D eigenvalue weighted by Gasteiger charge is -2.01. The predicted molar refractivity (Wildman–Crippen MR) is 73.4 cm³/mol. The number of methoxy groups -OCH3 is 1. The van der Waals surface area contributed by atoms with E-state index in [2.05, 4.69) is 30.2 Å². The second-order valence-electron chi connectivity index (χ2n) is 4.15. The van der Waals surface area contributed by atoms with Gasteiger partial charge < -0.3 is 9.30 Å². The van der Waals surface area contributed by atoms with E-state index in [0.717, 1.165) is 34.2 Å². The molecule has 0 amide bonds. The third-order valence-corrected chi connectivity index (χ3v) is 3.44. The Kier molecular flexibility index (Phi) is 4.01. The molecule has 96 valence electrons. The Balaban J connectivity index is 2.14. The van der Waals surface area contributed by atoms with Gasteiger partial charge >= 0.3 is 5.97 Å². The quantitative estimate of drug-likeness (QED) is 0.816. The number of imidazole rings is 1. The average molecular weight is 311 g/mol. The van der Waals surface area contributed by atoms with E-state index in [0.29, 0.717) is 6.42 Å². The van der Waals surface area contributed by atoms with Crippen LogP contribution in [0.25, 0.3) is 11.0 Å². The van der Waals surface area contributed by atoms with Crippen LogP contribution in [0.3, 0.4) is 0 Å². The smallest absolute Gasteiger partial charge is 0.305 e. The molecule has 0 saturated heterocycles. The van der Waals surface area contributed by atoms with Crippen LogP contribution in [0.4, 0.5) is 0 Å². The molecule has 0 aliphatic rings. The second kappa shape index (κ2) is 5.52. The van der Waals surface area contributed by atoms with Gasteiger partial charge in [-0.3, -0.25) is 4.79 Å². The number of hydrogen-bond donors (Lipinski definition) is 0. The van der Waals surface area contributed by atoms with Gasteiger partial charge in [0, 0.05) is 24.4 Å². The maximum atomic E-state index is 11.0. The summed E-state index contributed by atoms with van der Waals surface area (Å²) in [5.74, 6) is 0.823. The number of fused-ring (bicyclic) bond motifs is 1. The summed E-state index contributed by atoms with van der Waals surface area (Å²) in [7, 11) is 3.41. The minimum absolute atomic E-state index is 0.170. The highest BCUT2D eigenvalue weighted by Gasteiger charge is 2.08. The summed E-state index contributed by atoms with van der Waals surface area (Å²) in [6, 6.07) is 6.04. The highest BCUT2D eigenvalue weighted by Crippen LogP contribution is 2.20. The van der Waals surface area contributed by atoms with E-state index in [1.54, 1.807) is 0 Å². The van der Waals surface area contributed by atoms with Crippen molar-refractivity contribution >= 4 is 32.9 Å². The van der Waals surface area contributed by atoms with Crippen LogP contribution in [0.5, 0.6) is 0 Å². The number of hydrogen-bond acceptors (Lipinski definition) is 3. The molecule has 1 aromatic carbocycles. The van der Waals surface area contributed by atoms with E-state index < -0.39 is 0 Å². The van der Waals surface area contributed by atoms with Crippen LogP contribution in [0.1, 0.15) is 18.7 Å². The molecule has 0 spiro atoms. The fourth-order valence-corrected chi connectivity index (χ4v) is 2.29. The molecular formula is C13H15BrN2O2. The first kappa shape index (κ1) is 13.1. The summed E-state index contributed by atoms with van der Waals surface area (Å²) in [5.41, 5.74) is 2.08. The predicted octanol–water partition coefficient (Wildman–Crippen LogP) is 2.83. The molecule has 0 aliphatic carbocycles. The van der Waals surface area contributed by atoms with Crippen molar-refractivity contribution in [2.24, 2.45) is 7.05 Å². The topological polar surface area (TPSA) is 44.1 Å². The van der Waals surface area contributed by atoms with Gasteiger partial charge in [0.15, 0.2) is 0 Å². The number of nitrogens with zero attached hydrogens (tertiary/aromatic N) is 2. The molecule has 0 saturated carbocycles. The van der Waals surface area contributed by atoms with Crippen molar-refractivity contribution in [2.45, 2.75) is 19.3 Å². The second-order valence-corrected chi connectivity index (χ2v) is 5.07. The van der Waals surface area contributed by atoms with Crippen LogP contribution in [0.2, 0.25) is 0 Å². The Labute approximate surface area is 114 Å². The van der Waals surface area contributed by atoms with E-state index in [-0.39, 0.29) is 5.97 Å². The molecule has 2 rings (SSSR count). The Hall–Kier alpha value is -1.36. The molecule has 0 aliphatic heterocycles. The van der Waals surface area contributed by atoms with Gasteiger partial charge in [-0.15, -0.1) is 0 Å². The minimum atomic E-state index is -0.170. The monoisotopic (exact) mass is 310 g/mol. The van der Waals surface area contributed by atoms with Gasteiger partial charge in [0.1, 0.15) is 5.82 Å². The highest BCUT2D eigenvalue weighted by atomic mass is 79.9. The highest BCUT2D eigenvalue weighted by molar-refractivity contribution is 9.10. The molecule has 2 aromatic rings. The third-order valence-electron chi connectivity index (χ3n) is 2.94. The fraction of sp³-hybridized carbons (Fsp3) is 0.385. The van der Waals surface area contributed by atoms with Crippen LogP contribution in [0.15, 0.2) is 22.7 Å². The molecule has 1 heterocycles. The first-order valence-corrected chi connectivity index (χ1v) is 6.59. The molecule has 5 heteroatoms. The number of carbonyl (C=O) groups is 1. The molecule has 0 atom stereocenters. The van der Waals surface area contributed by atoms with Gasteiger partial charge in [0.25, 0.3) is 0 Å². The molecule has 0 unspecified atom stereocenters. The first-order valence-electron chi connectivity index (χ1n) is 5.79. The van der Waals surface area contributed by atoms with Crippen molar-refractivity contribution in [3.05, 3.63) is 28.5 Å². The molecule has 0 radical (unpaired) electrons. The van der Waals surface area contributed by atoms with Crippen molar-refractivity contribution in [3.8, 4) is 0 Å². The number of esters is 1. The zero-order chi connectivity index (χ0) is 13.1.